The lowest BCUT2D eigenvalue weighted by Crippen LogP contribution is -2.48. The molecule has 5 rings (SSSR count). The summed E-state index contributed by atoms with van der Waals surface area (Å²) in [6, 6.07) is 6.76. The first-order valence-electron chi connectivity index (χ1n) is 16.2. The van der Waals surface area contributed by atoms with E-state index in [9.17, 15) is 18.8 Å². The number of nitrogens with zero attached hydrogens (tertiary/aromatic N) is 1. The lowest BCUT2D eigenvalue weighted by molar-refractivity contribution is -0.143. The molecule has 1 aliphatic heterocycles. The van der Waals surface area contributed by atoms with Crippen molar-refractivity contribution >= 4 is 28.6 Å². The first-order valence-corrected chi connectivity index (χ1v) is 16.2. The Labute approximate surface area is 249 Å². The molecular weight excluding hydrogens is 533 g/mol. The second-order valence-corrected chi connectivity index (χ2v) is 13.5. The predicted molar refractivity (Wildman–Crippen MR) is 162 cm³/mol. The van der Waals surface area contributed by atoms with E-state index in [0.717, 1.165) is 61.4 Å². The zero-order valence-corrected chi connectivity index (χ0v) is 25.3. The van der Waals surface area contributed by atoms with Gasteiger partial charge in [-0.3, -0.25) is 9.59 Å². The third kappa shape index (κ3) is 6.90. The van der Waals surface area contributed by atoms with Crippen LogP contribution in [0.1, 0.15) is 94.1 Å². The van der Waals surface area contributed by atoms with Gasteiger partial charge in [0.25, 0.3) is 0 Å². The average Bonchev–Trinajstić information content (AvgIpc) is 3.64. The summed E-state index contributed by atoms with van der Waals surface area (Å²) < 4.78 is 18.5. The van der Waals surface area contributed by atoms with Gasteiger partial charge >= 0.3 is 5.97 Å². The van der Waals surface area contributed by atoms with Gasteiger partial charge in [-0.1, -0.05) is 52.0 Å². The second-order valence-electron chi connectivity index (χ2n) is 13.5. The van der Waals surface area contributed by atoms with Crippen LogP contribution in [0.2, 0.25) is 0 Å². The Balaban J connectivity index is 1.31. The van der Waals surface area contributed by atoms with Gasteiger partial charge in [-0.15, -0.1) is 0 Å². The van der Waals surface area contributed by atoms with Crippen LogP contribution < -0.4 is 5.73 Å². The van der Waals surface area contributed by atoms with E-state index >= 15 is 0 Å². The number of likely N-dealkylation sites (tertiary alicyclic amines) is 1. The van der Waals surface area contributed by atoms with Crippen LogP contribution in [0, 0.1) is 29.6 Å². The van der Waals surface area contributed by atoms with Gasteiger partial charge in [-0.25, -0.2) is 9.18 Å². The molecule has 1 saturated heterocycles. The summed E-state index contributed by atoms with van der Waals surface area (Å²) in [5.41, 5.74) is 8.07. The van der Waals surface area contributed by atoms with Crippen LogP contribution in [0.25, 0.3) is 10.9 Å². The summed E-state index contributed by atoms with van der Waals surface area (Å²) in [7, 11) is 0. The number of benzene rings is 1. The maximum atomic E-state index is 14.1. The SMILES string of the molecule is CC(C)COC(=O)c1cc2cc(CC(=O)[C@@H]3[C@H](C4CCCCC4)CCN3C(=O)C3CCC([C@H](N)CF)CC3)ccc2[nH]1. The van der Waals surface area contributed by atoms with Crippen LogP contribution in [0.4, 0.5) is 4.39 Å². The largest absolute Gasteiger partial charge is 0.461 e. The maximum absolute atomic E-state index is 14.1. The quantitative estimate of drug-likeness (QED) is 0.335. The van der Waals surface area contributed by atoms with E-state index in [2.05, 4.69) is 4.98 Å². The number of nitrogens with two attached hydrogens (primary N) is 1. The third-order valence-corrected chi connectivity index (χ3v) is 10.0. The van der Waals surface area contributed by atoms with E-state index in [4.69, 9.17) is 10.5 Å². The normalized spacial score (nSPS) is 26.1. The molecule has 0 unspecified atom stereocenters. The fourth-order valence-corrected chi connectivity index (χ4v) is 7.71. The minimum atomic E-state index is -0.521. The van der Waals surface area contributed by atoms with Gasteiger partial charge in [0.15, 0.2) is 5.78 Å². The summed E-state index contributed by atoms with van der Waals surface area (Å²) in [6.45, 7) is 4.47. The number of H-pyrrole nitrogens is 1. The minimum absolute atomic E-state index is 0.101. The number of carbonyl (C=O) groups is 3. The Morgan fingerprint density at radius 1 is 1.02 bits per heavy atom. The molecular formula is C34H48FN3O4. The molecule has 2 saturated carbocycles. The molecule has 0 radical (unpaired) electrons. The Morgan fingerprint density at radius 2 is 1.76 bits per heavy atom. The molecule has 3 aliphatic rings. The van der Waals surface area contributed by atoms with Crippen molar-refractivity contribution in [2.24, 2.45) is 35.3 Å². The first kappa shape index (κ1) is 30.7. The molecule has 7 nitrogen and oxygen atoms in total. The number of nitrogens with one attached hydrogen (secondary N) is 1. The van der Waals surface area contributed by atoms with Crippen molar-refractivity contribution in [2.75, 3.05) is 19.8 Å². The predicted octanol–water partition coefficient (Wildman–Crippen LogP) is 5.99. The number of halogens is 1. The van der Waals surface area contributed by atoms with Crippen molar-refractivity contribution < 1.29 is 23.5 Å². The number of aromatic amines is 1. The molecule has 42 heavy (non-hydrogen) atoms. The molecule has 1 amide bonds. The number of ether oxygens (including phenoxy) is 1. The number of rotatable bonds is 10. The summed E-state index contributed by atoms with van der Waals surface area (Å²) in [5, 5.41) is 0.864. The highest BCUT2D eigenvalue weighted by Crippen LogP contribution is 2.41. The monoisotopic (exact) mass is 581 g/mol. The van der Waals surface area contributed by atoms with Crippen molar-refractivity contribution in [3.05, 3.63) is 35.5 Å². The topological polar surface area (TPSA) is 105 Å². The maximum Gasteiger partial charge on any atom is 0.354 e. The minimum Gasteiger partial charge on any atom is -0.461 e. The zero-order valence-electron chi connectivity index (χ0n) is 25.3. The number of carbonyl (C=O) groups excluding carboxylic acids is 3. The second kappa shape index (κ2) is 13.7. The van der Waals surface area contributed by atoms with Gasteiger partial charge in [0.2, 0.25) is 5.91 Å². The van der Waals surface area contributed by atoms with E-state index in [1.807, 2.05) is 36.9 Å². The number of alkyl halides is 1. The Morgan fingerprint density at radius 3 is 2.45 bits per heavy atom. The van der Waals surface area contributed by atoms with E-state index < -0.39 is 18.8 Å². The molecule has 1 aromatic heterocycles. The number of esters is 1. The molecule has 0 bridgehead atoms. The molecule has 1 aromatic carbocycles. The highest BCUT2D eigenvalue weighted by atomic mass is 19.1. The Bertz CT molecular complexity index is 1240. The summed E-state index contributed by atoms with van der Waals surface area (Å²) >= 11 is 0. The summed E-state index contributed by atoms with van der Waals surface area (Å²) in [5.74, 6) is 0.788. The van der Waals surface area contributed by atoms with Gasteiger partial charge < -0.3 is 20.4 Å². The third-order valence-electron chi connectivity index (χ3n) is 10.0. The van der Waals surface area contributed by atoms with Crippen molar-refractivity contribution in [3.8, 4) is 0 Å². The van der Waals surface area contributed by atoms with E-state index in [-0.39, 0.29) is 47.8 Å². The smallest absolute Gasteiger partial charge is 0.354 e. The first-order chi connectivity index (χ1) is 20.2. The van der Waals surface area contributed by atoms with Gasteiger partial charge in [-0.05, 0) is 79.5 Å². The number of hydrogen-bond donors (Lipinski definition) is 2. The Kier molecular flexibility index (Phi) is 10.0. The zero-order chi connectivity index (χ0) is 29.8. The summed E-state index contributed by atoms with van der Waals surface area (Å²) in [6.07, 6.45) is 10.0. The van der Waals surface area contributed by atoms with Gasteiger partial charge in [0, 0.05) is 35.8 Å². The van der Waals surface area contributed by atoms with Crippen LogP contribution in [-0.4, -0.2) is 59.5 Å². The molecule has 2 heterocycles. The van der Waals surface area contributed by atoms with Crippen molar-refractivity contribution in [3.63, 3.8) is 0 Å². The number of Topliss-reactive ketones (excluding diaryl/α,β-unsaturated/α-hetero) is 1. The van der Waals surface area contributed by atoms with E-state index in [1.54, 1.807) is 6.07 Å². The van der Waals surface area contributed by atoms with Gasteiger partial charge in [0.05, 0.1) is 12.6 Å². The molecule has 0 spiro atoms. The number of hydrogen-bond acceptors (Lipinski definition) is 5. The highest BCUT2D eigenvalue weighted by molar-refractivity contribution is 5.96. The molecule has 3 atom stereocenters. The van der Waals surface area contributed by atoms with Gasteiger partial charge in [0.1, 0.15) is 12.4 Å². The molecule has 2 aromatic rings. The van der Waals surface area contributed by atoms with E-state index in [0.29, 0.717) is 24.8 Å². The molecule has 3 fully saturated rings. The molecule has 8 heteroatoms. The standard InChI is InChI=1S/C34H48FN3O4/c1-21(2)20-42-34(41)30-18-26-16-22(8-13-29(26)37-30)17-31(39)32-27(23-6-4-3-5-7-23)14-15-38(32)33(40)25-11-9-24(10-12-25)28(36)19-35/h8,13,16,18,21,23-25,27-28,32,37H,3-7,9-12,14-15,17,19-20,36H2,1-2H3/t24?,25?,27-,28+,32-/m0/s1. The van der Waals surface area contributed by atoms with Crippen molar-refractivity contribution in [1.82, 2.24) is 9.88 Å². The lowest BCUT2D eigenvalue weighted by atomic mass is 9.75. The van der Waals surface area contributed by atoms with Crippen LogP contribution >= 0.6 is 0 Å². The van der Waals surface area contributed by atoms with Crippen molar-refractivity contribution in [1.29, 1.82) is 0 Å². The van der Waals surface area contributed by atoms with Gasteiger partial charge in [-0.2, -0.15) is 0 Å². The number of amides is 1. The summed E-state index contributed by atoms with van der Waals surface area (Å²) in [4.78, 5) is 45.5. The Hall–Kier alpha value is -2.74. The number of fused-ring (bicyclic) bond motifs is 1. The van der Waals surface area contributed by atoms with Crippen LogP contribution in [0.3, 0.4) is 0 Å². The highest BCUT2D eigenvalue weighted by Gasteiger charge is 2.46. The number of ketones is 1. The lowest BCUT2D eigenvalue weighted by Gasteiger charge is -2.37. The average molecular weight is 582 g/mol. The number of aromatic nitrogens is 1. The molecule has 230 valence electrons. The molecule has 2 aliphatic carbocycles. The van der Waals surface area contributed by atoms with Crippen LogP contribution in [-0.2, 0) is 20.7 Å². The fraction of sp³-hybridized carbons (Fsp3) is 0.676. The fourth-order valence-electron chi connectivity index (χ4n) is 7.71. The van der Waals surface area contributed by atoms with Crippen LogP contribution in [0.15, 0.2) is 24.3 Å². The van der Waals surface area contributed by atoms with Crippen LogP contribution in [0.5, 0.6) is 0 Å². The van der Waals surface area contributed by atoms with Crippen molar-refractivity contribution in [2.45, 2.75) is 96.6 Å². The molecule has 3 N–H and O–H groups in total. The van der Waals surface area contributed by atoms with E-state index in [1.165, 1.54) is 19.3 Å².